The molecule has 7 nitrogen and oxygen atoms in total. The van der Waals surface area contributed by atoms with Gasteiger partial charge in [0.2, 0.25) is 0 Å². The quantitative estimate of drug-likeness (QED) is 0.590. The van der Waals surface area contributed by atoms with E-state index in [1.807, 2.05) is 47.1 Å². The summed E-state index contributed by atoms with van der Waals surface area (Å²) < 4.78 is 1.85. The molecular weight excluding hydrogens is 350 g/mol. The van der Waals surface area contributed by atoms with Gasteiger partial charge in [0.05, 0.1) is 29.5 Å². The molecule has 0 radical (unpaired) electrons. The molecule has 28 heavy (non-hydrogen) atoms. The van der Waals surface area contributed by atoms with E-state index in [9.17, 15) is 0 Å². The monoisotopic (exact) mass is 373 g/mol. The minimum Gasteiger partial charge on any atom is -0.361 e. The number of aromatic nitrogens is 5. The Labute approximate surface area is 163 Å². The molecule has 142 valence electrons. The van der Waals surface area contributed by atoms with Crippen LogP contribution in [0.3, 0.4) is 0 Å². The zero-order valence-electron chi connectivity index (χ0n) is 15.9. The van der Waals surface area contributed by atoms with Crippen molar-refractivity contribution in [2.75, 3.05) is 23.3 Å². The first-order valence-corrected chi connectivity index (χ1v) is 9.81. The summed E-state index contributed by atoms with van der Waals surface area (Å²) in [7, 11) is 0. The fourth-order valence-corrected chi connectivity index (χ4v) is 3.74. The molecule has 1 N–H and O–H groups in total. The smallest absolute Gasteiger partial charge is 0.172 e. The SMILES string of the molecule is CC1CCN(c2nc3ccccc3nc2NCc2ccnc3ccnn23)CC1. The molecular formula is C21H23N7. The van der Waals surface area contributed by atoms with Crippen molar-refractivity contribution in [1.82, 2.24) is 24.6 Å². The molecule has 7 heteroatoms. The van der Waals surface area contributed by atoms with Gasteiger partial charge in [-0.2, -0.15) is 5.10 Å². The van der Waals surface area contributed by atoms with Crippen molar-refractivity contribution < 1.29 is 0 Å². The van der Waals surface area contributed by atoms with Crippen molar-refractivity contribution in [3.8, 4) is 0 Å². The molecule has 0 atom stereocenters. The number of anilines is 2. The first kappa shape index (κ1) is 16.9. The molecule has 0 bridgehead atoms. The van der Waals surface area contributed by atoms with Crippen molar-refractivity contribution in [2.45, 2.75) is 26.3 Å². The zero-order chi connectivity index (χ0) is 18.9. The number of rotatable bonds is 4. The number of para-hydroxylation sites is 2. The lowest BCUT2D eigenvalue weighted by molar-refractivity contribution is 0.437. The van der Waals surface area contributed by atoms with E-state index in [0.717, 1.165) is 53.0 Å². The van der Waals surface area contributed by atoms with Gasteiger partial charge in [0.25, 0.3) is 0 Å². The summed E-state index contributed by atoms with van der Waals surface area (Å²) in [5, 5.41) is 7.88. The lowest BCUT2D eigenvalue weighted by Crippen LogP contribution is -2.34. The second-order valence-electron chi connectivity index (χ2n) is 7.45. The fraction of sp³-hybridized carbons (Fsp3) is 0.333. The molecule has 1 saturated heterocycles. The predicted octanol–water partition coefficient (Wildman–Crippen LogP) is 3.52. The number of hydrogen-bond donors (Lipinski definition) is 1. The summed E-state index contributed by atoms with van der Waals surface area (Å²) >= 11 is 0. The lowest BCUT2D eigenvalue weighted by atomic mass is 9.99. The van der Waals surface area contributed by atoms with Gasteiger partial charge in [-0.05, 0) is 37.0 Å². The topological polar surface area (TPSA) is 71.2 Å². The van der Waals surface area contributed by atoms with Crippen LogP contribution in [-0.4, -0.2) is 37.7 Å². The van der Waals surface area contributed by atoms with E-state index in [0.29, 0.717) is 6.54 Å². The van der Waals surface area contributed by atoms with Gasteiger partial charge in [-0.3, -0.25) is 0 Å². The summed E-state index contributed by atoms with van der Waals surface area (Å²) in [5.74, 6) is 2.53. The second-order valence-corrected chi connectivity index (χ2v) is 7.45. The lowest BCUT2D eigenvalue weighted by Gasteiger charge is -2.32. The Morgan fingerprint density at radius 1 is 1.00 bits per heavy atom. The molecule has 1 aromatic carbocycles. The highest BCUT2D eigenvalue weighted by atomic mass is 15.3. The summed E-state index contributed by atoms with van der Waals surface area (Å²) in [6, 6.07) is 11.9. The molecule has 0 amide bonds. The number of piperidine rings is 1. The summed E-state index contributed by atoms with van der Waals surface area (Å²) in [6.07, 6.45) is 5.95. The average molecular weight is 373 g/mol. The normalized spacial score (nSPS) is 15.4. The molecule has 1 aliphatic rings. The number of nitrogens with zero attached hydrogens (tertiary/aromatic N) is 6. The van der Waals surface area contributed by atoms with Crippen molar-refractivity contribution in [3.05, 3.63) is 54.5 Å². The third kappa shape index (κ3) is 3.13. The van der Waals surface area contributed by atoms with Gasteiger partial charge in [0.15, 0.2) is 17.3 Å². The molecule has 0 aliphatic carbocycles. The van der Waals surface area contributed by atoms with Crippen molar-refractivity contribution in [1.29, 1.82) is 0 Å². The number of fused-ring (bicyclic) bond motifs is 2. The van der Waals surface area contributed by atoms with E-state index < -0.39 is 0 Å². The van der Waals surface area contributed by atoms with Gasteiger partial charge in [0, 0.05) is 25.4 Å². The van der Waals surface area contributed by atoms with E-state index in [4.69, 9.17) is 9.97 Å². The Morgan fingerprint density at radius 3 is 2.61 bits per heavy atom. The molecule has 5 rings (SSSR count). The third-order valence-electron chi connectivity index (χ3n) is 5.44. The van der Waals surface area contributed by atoms with Gasteiger partial charge in [0.1, 0.15) is 0 Å². The van der Waals surface area contributed by atoms with Gasteiger partial charge in [-0.25, -0.2) is 19.5 Å². The summed E-state index contributed by atoms with van der Waals surface area (Å²) in [6.45, 7) is 4.95. The Balaban J connectivity index is 1.50. The van der Waals surface area contributed by atoms with Crippen LogP contribution in [0.4, 0.5) is 11.6 Å². The molecule has 1 fully saturated rings. The molecule has 0 saturated carbocycles. The first-order valence-electron chi connectivity index (χ1n) is 9.81. The molecule has 0 spiro atoms. The average Bonchev–Trinajstić information content (AvgIpc) is 3.22. The van der Waals surface area contributed by atoms with Crippen LogP contribution in [0.25, 0.3) is 16.7 Å². The van der Waals surface area contributed by atoms with Gasteiger partial charge < -0.3 is 10.2 Å². The predicted molar refractivity (Wildman–Crippen MR) is 110 cm³/mol. The van der Waals surface area contributed by atoms with Gasteiger partial charge >= 0.3 is 0 Å². The van der Waals surface area contributed by atoms with E-state index in [1.165, 1.54) is 12.8 Å². The number of benzene rings is 1. The van der Waals surface area contributed by atoms with E-state index in [1.54, 1.807) is 6.20 Å². The van der Waals surface area contributed by atoms with Gasteiger partial charge in [-0.15, -0.1) is 0 Å². The van der Waals surface area contributed by atoms with E-state index >= 15 is 0 Å². The maximum absolute atomic E-state index is 4.95. The first-order chi connectivity index (χ1) is 13.8. The highest BCUT2D eigenvalue weighted by Gasteiger charge is 2.21. The van der Waals surface area contributed by atoms with Crippen LogP contribution < -0.4 is 10.2 Å². The van der Waals surface area contributed by atoms with E-state index in [-0.39, 0.29) is 0 Å². The molecule has 4 heterocycles. The Morgan fingerprint density at radius 2 is 1.79 bits per heavy atom. The van der Waals surface area contributed by atoms with Crippen LogP contribution in [-0.2, 0) is 6.54 Å². The van der Waals surface area contributed by atoms with Crippen LogP contribution >= 0.6 is 0 Å². The third-order valence-corrected chi connectivity index (χ3v) is 5.44. The number of hydrogen-bond acceptors (Lipinski definition) is 6. The maximum Gasteiger partial charge on any atom is 0.172 e. The second kappa shape index (κ2) is 7.07. The summed E-state index contributed by atoms with van der Waals surface area (Å²) in [5.41, 5.74) is 3.70. The Bertz CT molecular complexity index is 1110. The van der Waals surface area contributed by atoms with Crippen molar-refractivity contribution >= 4 is 28.3 Å². The molecule has 4 aromatic rings. The largest absolute Gasteiger partial charge is 0.361 e. The highest BCUT2D eigenvalue weighted by Crippen LogP contribution is 2.29. The molecule has 3 aromatic heterocycles. The van der Waals surface area contributed by atoms with Gasteiger partial charge in [-0.1, -0.05) is 19.1 Å². The summed E-state index contributed by atoms with van der Waals surface area (Å²) in [4.78, 5) is 16.5. The van der Waals surface area contributed by atoms with Crippen LogP contribution in [0, 0.1) is 5.92 Å². The van der Waals surface area contributed by atoms with Crippen LogP contribution in [0.1, 0.15) is 25.5 Å². The number of nitrogens with one attached hydrogen (secondary N) is 1. The zero-order valence-corrected chi connectivity index (χ0v) is 15.9. The Kier molecular flexibility index (Phi) is 4.27. The minimum absolute atomic E-state index is 0.602. The standard InChI is InChI=1S/C21H23N7/c1-15-8-12-27(13-9-15)21-20(25-17-4-2-3-5-18(17)26-21)23-14-16-6-10-22-19-7-11-24-28(16)19/h2-7,10-11,15H,8-9,12-14H2,1H3,(H,23,25). The van der Waals surface area contributed by atoms with Crippen molar-refractivity contribution in [3.63, 3.8) is 0 Å². The fourth-order valence-electron chi connectivity index (χ4n) is 3.74. The minimum atomic E-state index is 0.602. The molecule has 1 aliphatic heterocycles. The van der Waals surface area contributed by atoms with E-state index in [2.05, 4.69) is 27.2 Å². The van der Waals surface area contributed by atoms with Crippen LogP contribution in [0.15, 0.2) is 48.8 Å². The van der Waals surface area contributed by atoms with Crippen molar-refractivity contribution in [2.24, 2.45) is 5.92 Å². The molecule has 0 unspecified atom stereocenters. The maximum atomic E-state index is 4.95. The highest BCUT2D eigenvalue weighted by molar-refractivity contribution is 5.80. The Hall–Kier alpha value is -3.22. The van der Waals surface area contributed by atoms with Crippen LogP contribution in [0.2, 0.25) is 0 Å². The van der Waals surface area contributed by atoms with Crippen LogP contribution in [0.5, 0.6) is 0 Å².